The van der Waals surface area contributed by atoms with Crippen LogP contribution in [0, 0.1) is 0 Å². The van der Waals surface area contributed by atoms with Crippen LogP contribution in [0.4, 0.5) is 17.1 Å². The fourth-order valence-corrected chi connectivity index (χ4v) is 10.0. The SMILES string of the molecule is c1cc(-c2ccc(-c3ccc(N(c4ccc(-c5ccc6oc7ccccc7c6c5)cc4)c4cccc(-n5c6ccccc6c6ccccc65)c4)cc3)cc2)cc(-c2ccc3ccccc3c2)c1. The van der Waals surface area contributed by atoms with Gasteiger partial charge >= 0.3 is 0 Å². The molecule has 0 saturated carbocycles. The minimum atomic E-state index is 0.901. The van der Waals surface area contributed by atoms with Crippen LogP contribution < -0.4 is 4.90 Å². The van der Waals surface area contributed by atoms with Gasteiger partial charge in [-0.3, -0.25) is 0 Å². The van der Waals surface area contributed by atoms with E-state index in [0.717, 1.165) is 61.4 Å². The predicted octanol–water partition coefficient (Wildman–Crippen LogP) is 18.0. The van der Waals surface area contributed by atoms with E-state index in [1.54, 1.807) is 0 Å². The molecule has 0 unspecified atom stereocenters. The van der Waals surface area contributed by atoms with Crippen LogP contribution >= 0.6 is 0 Å². The molecule has 0 fully saturated rings. The van der Waals surface area contributed by atoms with Crippen molar-refractivity contribution in [2.45, 2.75) is 0 Å². The standard InChI is InChI=1S/C64H42N2O/c1-2-12-48-40-51(28-27-43(48)11-1)50-14-9-13-49(39-50)46-25-23-44(24-26-46)45-29-34-53(35-30-45)65(54-36-31-47(32-37-54)52-33-38-64-60(41-52)59-19-5-8-22-63(59)67-64)55-15-10-16-56(42-55)66-61-20-6-3-17-57(61)58-18-4-7-21-62(58)66/h1-42H. The molecule has 13 rings (SSSR count). The van der Waals surface area contributed by atoms with Gasteiger partial charge in [-0.15, -0.1) is 0 Å². The second-order valence-electron chi connectivity index (χ2n) is 17.3. The average Bonchev–Trinajstić information content (AvgIpc) is 3.95. The minimum Gasteiger partial charge on any atom is -0.456 e. The Balaban J connectivity index is 0.854. The average molecular weight is 855 g/mol. The third-order valence-electron chi connectivity index (χ3n) is 13.4. The molecule has 2 heterocycles. The van der Waals surface area contributed by atoms with Crippen LogP contribution in [0.25, 0.3) is 105 Å². The van der Waals surface area contributed by atoms with Crippen molar-refractivity contribution in [2.75, 3.05) is 4.90 Å². The smallest absolute Gasteiger partial charge is 0.135 e. The van der Waals surface area contributed by atoms with E-state index in [1.165, 1.54) is 60.4 Å². The lowest BCUT2D eigenvalue weighted by molar-refractivity contribution is 0.669. The molecule has 0 amide bonds. The molecule has 13 aromatic rings. The molecule has 0 atom stereocenters. The second kappa shape index (κ2) is 16.0. The van der Waals surface area contributed by atoms with Crippen LogP contribution in [0.3, 0.4) is 0 Å². The minimum absolute atomic E-state index is 0.901. The highest BCUT2D eigenvalue weighted by atomic mass is 16.3. The predicted molar refractivity (Wildman–Crippen MR) is 282 cm³/mol. The van der Waals surface area contributed by atoms with E-state index < -0.39 is 0 Å². The highest BCUT2D eigenvalue weighted by molar-refractivity contribution is 6.09. The first-order chi connectivity index (χ1) is 33.2. The van der Waals surface area contributed by atoms with Gasteiger partial charge in [-0.05, 0) is 140 Å². The van der Waals surface area contributed by atoms with Gasteiger partial charge in [0.2, 0.25) is 0 Å². The summed E-state index contributed by atoms with van der Waals surface area (Å²) in [6.07, 6.45) is 0. The number of benzene rings is 11. The summed E-state index contributed by atoms with van der Waals surface area (Å²) >= 11 is 0. The van der Waals surface area contributed by atoms with Gasteiger partial charge in [-0.2, -0.15) is 0 Å². The first kappa shape index (κ1) is 38.5. The topological polar surface area (TPSA) is 21.3 Å². The molecule has 3 heteroatoms. The molecule has 0 bridgehead atoms. The molecule has 0 aliphatic rings. The third-order valence-corrected chi connectivity index (χ3v) is 13.4. The maximum Gasteiger partial charge on any atom is 0.135 e. The van der Waals surface area contributed by atoms with E-state index in [-0.39, 0.29) is 0 Å². The molecule has 11 aromatic carbocycles. The molecule has 0 aliphatic carbocycles. The largest absolute Gasteiger partial charge is 0.456 e. The number of fused-ring (bicyclic) bond motifs is 7. The van der Waals surface area contributed by atoms with Crippen LogP contribution in [0.5, 0.6) is 0 Å². The Bertz CT molecular complexity index is 3920. The summed E-state index contributed by atoms with van der Waals surface area (Å²) in [6, 6.07) is 92.0. The van der Waals surface area contributed by atoms with Crippen molar-refractivity contribution >= 4 is 71.6 Å². The van der Waals surface area contributed by atoms with Gasteiger partial charge in [0, 0.05) is 44.3 Å². The first-order valence-corrected chi connectivity index (χ1v) is 22.9. The zero-order valence-corrected chi connectivity index (χ0v) is 36.6. The summed E-state index contributed by atoms with van der Waals surface area (Å²) < 4.78 is 8.54. The summed E-state index contributed by atoms with van der Waals surface area (Å²) in [7, 11) is 0. The number of hydrogen-bond donors (Lipinski definition) is 0. The third kappa shape index (κ3) is 6.84. The maximum atomic E-state index is 6.16. The Morgan fingerprint density at radius 2 is 0.746 bits per heavy atom. The molecule has 0 saturated heterocycles. The summed E-state index contributed by atoms with van der Waals surface area (Å²) in [6.45, 7) is 0. The van der Waals surface area contributed by atoms with Gasteiger partial charge in [0.15, 0.2) is 0 Å². The Morgan fingerprint density at radius 1 is 0.269 bits per heavy atom. The van der Waals surface area contributed by atoms with E-state index in [9.17, 15) is 0 Å². The quantitative estimate of drug-likeness (QED) is 0.152. The summed E-state index contributed by atoms with van der Waals surface area (Å²) in [4.78, 5) is 2.36. The number of aromatic nitrogens is 1. The number of nitrogens with zero attached hydrogens (tertiary/aromatic N) is 2. The molecule has 0 spiro atoms. The second-order valence-corrected chi connectivity index (χ2v) is 17.3. The van der Waals surface area contributed by atoms with Crippen molar-refractivity contribution in [1.29, 1.82) is 0 Å². The molecule has 3 nitrogen and oxygen atoms in total. The highest BCUT2D eigenvalue weighted by Gasteiger charge is 2.18. The summed E-state index contributed by atoms with van der Waals surface area (Å²) in [5.41, 5.74) is 18.0. The van der Waals surface area contributed by atoms with Crippen LogP contribution in [0.1, 0.15) is 0 Å². The van der Waals surface area contributed by atoms with Crippen LogP contribution in [0.2, 0.25) is 0 Å². The lowest BCUT2D eigenvalue weighted by atomic mass is 9.96. The number of anilines is 3. The summed E-state index contributed by atoms with van der Waals surface area (Å²) in [5, 5.41) is 7.26. The van der Waals surface area contributed by atoms with E-state index in [0.29, 0.717) is 0 Å². The summed E-state index contributed by atoms with van der Waals surface area (Å²) in [5.74, 6) is 0. The van der Waals surface area contributed by atoms with Gasteiger partial charge in [-0.25, -0.2) is 0 Å². The number of para-hydroxylation sites is 3. The van der Waals surface area contributed by atoms with Crippen molar-refractivity contribution in [3.05, 3.63) is 255 Å². The molecule has 0 N–H and O–H groups in total. The number of furan rings is 1. The van der Waals surface area contributed by atoms with Gasteiger partial charge in [0.05, 0.1) is 11.0 Å². The molecule has 314 valence electrons. The lowest BCUT2D eigenvalue weighted by Crippen LogP contribution is -2.10. The van der Waals surface area contributed by atoms with E-state index in [1.807, 2.05) is 12.1 Å². The fraction of sp³-hybridized carbons (Fsp3) is 0. The molecule has 0 aliphatic heterocycles. The van der Waals surface area contributed by atoms with Crippen molar-refractivity contribution < 1.29 is 4.42 Å². The zero-order valence-electron chi connectivity index (χ0n) is 36.6. The highest BCUT2D eigenvalue weighted by Crippen LogP contribution is 2.40. The van der Waals surface area contributed by atoms with Gasteiger partial charge in [0.25, 0.3) is 0 Å². The Labute approximate surface area is 388 Å². The Kier molecular flexibility index (Phi) is 9.17. The van der Waals surface area contributed by atoms with Gasteiger partial charge in [-0.1, -0.05) is 170 Å². The van der Waals surface area contributed by atoms with Crippen LogP contribution in [0.15, 0.2) is 259 Å². The fourth-order valence-electron chi connectivity index (χ4n) is 10.0. The van der Waals surface area contributed by atoms with Crippen LogP contribution in [-0.4, -0.2) is 4.57 Å². The molecular formula is C64H42N2O. The Morgan fingerprint density at radius 3 is 1.43 bits per heavy atom. The molecule has 67 heavy (non-hydrogen) atoms. The van der Waals surface area contributed by atoms with E-state index >= 15 is 0 Å². The Hall–Kier alpha value is -8.92. The van der Waals surface area contributed by atoms with E-state index in [4.69, 9.17) is 4.42 Å². The maximum absolute atomic E-state index is 6.16. The number of hydrogen-bond acceptors (Lipinski definition) is 2. The van der Waals surface area contributed by atoms with Crippen molar-refractivity contribution in [1.82, 2.24) is 4.57 Å². The van der Waals surface area contributed by atoms with Crippen molar-refractivity contribution in [3.63, 3.8) is 0 Å². The lowest BCUT2D eigenvalue weighted by Gasteiger charge is -2.26. The van der Waals surface area contributed by atoms with E-state index in [2.05, 4.69) is 252 Å². The van der Waals surface area contributed by atoms with Crippen LogP contribution in [-0.2, 0) is 0 Å². The van der Waals surface area contributed by atoms with Crippen molar-refractivity contribution in [3.8, 4) is 50.2 Å². The van der Waals surface area contributed by atoms with Gasteiger partial charge in [0.1, 0.15) is 11.2 Å². The first-order valence-electron chi connectivity index (χ1n) is 22.9. The molecule has 0 radical (unpaired) electrons. The van der Waals surface area contributed by atoms with Gasteiger partial charge < -0.3 is 13.9 Å². The zero-order chi connectivity index (χ0) is 44.3. The monoisotopic (exact) mass is 854 g/mol. The number of rotatable bonds is 8. The molecule has 2 aromatic heterocycles. The normalized spacial score (nSPS) is 11.6. The van der Waals surface area contributed by atoms with Crippen molar-refractivity contribution in [2.24, 2.45) is 0 Å². The molecular weight excluding hydrogens is 813 g/mol.